The fraction of sp³-hybridized carbons (Fsp3) is 0.200. The second-order valence-electron chi connectivity index (χ2n) is 3.27. The molecule has 2 rings (SSSR count). The first-order chi connectivity index (χ1) is 8.62. The number of hydrogen-bond acceptors (Lipinski definition) is 5. The number of fused-ring (bicyclic) bond motifs is 1. The van der Waals surface area contributed by atoms with E-state index in [-0.39, 0.29) is 0 Å². The van der Waals surface area contributed by atoms with Crippen LogP contribution in [0.4, 0.5) is 0 Å². The van der Waals surface area contributed by atoms with Crippen molar-refractivity contribution in [1.82, 2.24) is 8.96 Å². The Bertz CT molecular complexity index is 617. The maximum atomic E-state index is 11.7. The van der Waals surface area contributed by atoms with Crippen LogP contribution < -0.4 is 4.74 Å². The predicted octanol–water partition coefficient (Wildman–Crippen LogP) is 3.33. The van der Waals surface area contributed by atoms with Gasteiger partial charge < -0.3 is 9.47 Å². The molecule has 0 saturated heterocycles. The average molecular weight is 399 g/mol. The van der Waals surface area contributed by atoms with Gasteiger partial charge in [0.05, 0.1) is 19.2 Å². The molecule has 0 saturated carbocycles. The number of methoxy groups -OCH3 is 2. The van der Waals surface area contributed by atoms with E-state index < -0.39 is 5.97 Å². The molecule has 0 spiro atoms. The highest BCUT2D eigenvalue weighted by atomic mass is 127. The summed E-state index contributed by atoms with van der Waals surface area (Å²) >= 11 is 8.19. The lowest BCUT2D eigenvalue weighted by molar-refractivity contribution is 0.0594. The summed E-state index contributed by atoms with van der Waals surface area (Å²) in [6, 6.07) is 3.26. The number of carbonyl (C=O) groups is 1. The zero-order valence-corrected chi connectivity index (χ0v) is 13.2. The number of carbonyl (C=O) groups excluding carboxylic acids is 1. The topological polar surface area (TPSA) is 53.4 Å². The fourth-order valence-corrected chi connectivity index (χ4v) is 3.34. The van der Waals surface area contributed by atoms with Crippen molar-refractivity contribution in [3.63, 3.8) is 0 Å². The van der Waals surface area contributed by atoms with E-state index >= 15 is 0 Å². The van der Waals surface area contributed by atoms with Gasteiger partial charge in [0.25, 0.3) is 0 Å². The van der Waals surface area contributed by atoms with E-state index in [9.17, 15) is 4.79 Å². The molecule has 0 aliphatic carbocycles. The number of halogens is 2. The van der Waals surface area contributed by atoms with Crippen LogP contribution in [0, 0.1) is 0 Å². The quantitative estimate of drug-likeness (QED) is 0.586. The summed E-state index contributed by atoms with van der Waals surface area (Å²) in [5, 5.41) is 1.16. The first kappa shape index (κ1) is 13.8. The first-order valence-corrected chi connectivity index (χ1v) is 8.45. The molecule has 0 fully saturated rings. The van der Waals surface area contributed by atoms with Crippen LogP contribution in [0.1, 0.15) is 10.5 Å². The molecule has 0 radical (unpaired) electrons. The Morgan fingerprint density at radius 3 is 2.78 bits per heavy atom. The van der Waals surface area contributed by atoms with Gasteiger partial charge in [-0.3, -0.25) is 3.97 Å². The van der Waals surface area contributed by atoms with Gasteiger partial charge in [-0.05, 0) is 6.07 Å². The highest BCUT2D eigenvalue weighted by Crippen LogP contribution is 2.33. The second-order valence-corrected chi connectivity index (χ2v) is 5.36. The molecule has 18 heavy (non-hydrogen) atoms. The van der Waals surface area contributed by atoms with Crippen LogP contribution in [0.2, 0.25) is 5.02 Å². The summed E-state index contributed by atoms with van der Waals surface area (Å²) in [6.45, 7) is 0. The zero-order chi connectivity index (χ0) is 13.3. The van der Waals surface area contributed by atoms with E-state index in [0.29, 0.717) is 27.6 Å². The van der Waals surface area contributed by atoms with Crippen molar-refractivity contribution in [2.24, 2.45) is 0 Å². The standard InChI is InChI=1S/C10H8ClIN2O3S/c1-16-8-4-6(11)5-3-7(10(15)17-2)14(18-12)9(5)13-8/h3-4H,1-2H3. The molecule has 0 N–H and O–H groups in total. The Labute approximate surface area is 125 Å². The lowest BCUT2D eigenvalue weighted by atomic mass is 10.3. The van der Waals surface area contributed by atoms with Crippen LogP contribution in [-0.2, 0) is 4.74 Å². The van der Waals surface area contributed by atoms with E-state index in [2.05, 4.69) is 26.2 Å². The third-order valence-electron chi connectivity index (χ3n) is 2.33. The van der Waals surface area contributed by atoms with Crippen molar-refractivity contribution in [2.75, 3.05) is 14.2 Å². The molecule has 96 valence electrons. The van der Waals surface area contributed by atoms with Gasteiger partial charge in [0.15, 0.2) is 5.65 Å². The van der Waals surface area contributed by atoms with Crippen molar-refractivity contribution in [1.29, 1.82) is 0 Å². The number of ether oxygens (including phenoxy) is 2. The highest BCUT2D eigenvalue weighted by molar-refractivity contribution is 14.2. The number of hydrogen-bond donors (Lipinski definition) is 0. The van der Waals surface area contributed by atoms with Gasteiger partial charge in [0.2, 0.25) is 5.88 Å². The molecule has 0 aliphatic rings. The van der Waals surface area contributed by atoms with Crippen LogP contribution in [0.25, 0.3) is 11.0 Å². The zero-order valence-electron chi connectivity index (χ0n) is 9.44. The Balaban J connectivity index is 2.76. The minimum absolute atomic E-state index is 0.384. The van der Waals surface area contributed by atoms with Crippen molar-refractivity contribution in [3.8, 4) is 5.88 Å². The van der Waals surface area contributed by atoms with Crippen LogP contribution in [0.3, 0.4) is 0 Å². The van der Waals surface area contributed by atoms with Crippen LogP contribution in [0.5, 0.6) is 5.88 Å². The van der Waals surface area contributed by atoms with Crippen molar-refractivity contribution in [2.45, 2.75) is 0 Å². The highest BCUT2D eigenvalue weighted by Gasteiger charge is 2.19. The SMILES string of the molecule is COC(=O)c1cc2c(Cl)cc(OC)nc2n1SI. The summed E-state index contributed by atoms with van der Waals surface area (Å²) in [5.41, 5.74) is 0.953. The summed E-state index contributed by atoms with van der Waals surface area (Å²) in [7, 11) is 4.15. The average Bonchev–Trinajstić information content (AvgIpc) is 2.76. The normalized spacial score (nSPS) is 10.7. The maximum Gasteiger partial charge on any atom is 0.355 e. The summed E-state index contributed by atoms with van der Waals surface area (Å²) < 4.78 is 11.4. The third-order valence-corrected chi connectivity index (χ3v) is 4.33. The van der Waals surface area contributed by atoms with Gasteiger partial charge in [-0.15, -0.1) is 0 Å². The molecule has 0 bridgehead atoms. The second kappa shape index (κ2) is 5.54. The van der Waals surface area contributed by atoms with Crippen LogP contribution in [0.15, 0.2) is 12.1 Å². The van der Waals surface area contributed by atoms with Crippen LogP contribution in [-0.4, -0.2) is 29.1 Å². The summed E-state index contributed by atoms with van der Waals surface area (Å²) in [5.74, 6) is -0.0408. The first-order valence-electron chi connectivity index (χ1n) is 4.75. The van der Waals surface area contributed by atoms with Crippen LogP contribution >= 0.6 is 41.9 Å². The molecular formula is C10H8ClIN2O3S. The number of aromatic nitrogens is 2. The number of pyridine rings is 1. The third kappa shape index (κ3) is 2.26. The summed E-state index contributed by atoms with van der Waals surface area (Å²) in [6.07, 6.45) is 0. The van der Waals surface area contributed by atoms with Gasteiger partial charge in [-0.25, -0.2) is 4.79 Å². The van der Waals surface area contributed by atoms with E-state index in [0.717, 1.165) is 0 Å². The molecule has 2 aromatic heterocycles. The molecule has 0 unspecified atom stereocenters. The minimum Gasteiger partial charge on any atom is -0.481 e. The molecule has 5 nitrogen and oxygen atoms in total. The molecular weight excluding hydrogens is 391 g/mol. The monoisotopic (exact) mass is 398 g/mol. The smallest absolute Gasteiger partial charge is 0.355 e. The number of rotatable bonds is 3. The molecule has 0 amide bonds. The van der Waals surface area contributed by atoms with E-state index in [4.69, 9.17) is 21.1 Å². The lowest BCUT2D eigenvalue weighted by Crippen LogP contribution is -2.05. The Kier molecular flexibility index (Phi) is 4.23. The van der Waals surface area contributed by atoms with Gasteiger partial charge in [-0.2, -0.15) is 4.98 Å². The molecule has 2 aromatic rings. The van der Waals surface area contributed by atoms with Gasteiger partial charge in [-0.1, -0.05) is 11.6 Å². The molecule has 0 aromatic carbocycles. The van der Waals surface area contributed by atoms with E-state index in [1.54, 1.807) is 16.1 Å². The maximum absolute atomic E-state index is 11.7. The van der Waals surface area contributed by atoms with E-state index in [1.165, 1.54) is 23.3 Å². The Morgan fingerprint density at radius 1 is 1.50 bits per heavy atom. The molecule has 0 atom stereocenters. The fourth-order valence-electron chi connectivity index (χ4n) is 1.51. The molecule has 2 heterocycles. The van der Waals surface area contributed by atoms with Gasteiger partial charge in [0, 0.05) is 41.8 Å². The Hall–Kier alpha value is -0.670. The summed E-state index contributed by atoms with van der Waals surface area (Å²) in [4.78, 5) is 16.0. The van der Waals surface area contributed by atoms with Gasteiger partial charge >= 0.3 is 5.97 Å². The number of esters is 1. The minimum atomic E-state index is -0.438. The van der Waals surface area contributed by atoms with Gasteiger partial charge in [0.1, 0.15) is 5.69 Å². The predicted molar refractivity (Wildman–Crippen MR) is 79.6 cm³/mol. The molecule has 0 aliphatic heterocycles. The largest absolute Gasteiger partial charge is 0.481 e. The Morgan fingerprint density at radius 2 is 2.22 bits per heavy atom. The number of nitrogens with zero attached hydrogens (tertiary/aromatic N) is 2. The van der Waals surface area contributed by atoms with E-state index in [1.807, 2.05) is 0 Å². The lowest BCUT2D eigenvalue weighted by Gasteiger charge is -2.04. The van der Waals surface area contributed by atoms with Crippen molar-refractivity contribution >= 4 is 58.9 Å². The molecule has 8 heteroatoms. The van der Waals surface area contributed by atoms with Crippen molar-refractivity contribution in [3.05, 3.63) is 22.8 Å². The van der Waals surface area contributed by atoms with Crippen molar-refractivity contribution < 1.29 is 14.3 Å².